The molecule has 92 valence electrons. The lowest BCUT2D eigenvalue weighted by molar-refractivity contribution is -0.136. The predicted molar refractivity (Wildman–Crippen MR) is 62.1 cm³/mol. The van der Waals surface area contributed by atoms with E-state index in [2.05, 4.69) is 5.32 Å². The first kappa shape index (κ1) is 11.9. The summed E-state index contributed by atoms with van der Waals surface area (Å²) in [6.45, 7) is 1.99. The normalized spacial score (nSPS) is 30.7. The Morgan fingerprint density at radius 3 is 2.88 bits per heavy atom. The van der Waals surface area contributed by atoms with Crippen molar-refractivity contribution in [1.82, 2.24) is 10.2 Å². The third-order valence-electron chi connectivity index (χ3n) is 3.74. The molecule has 2 saturated heterocycles. The monoisotopic (exact) mass is 226 g/mol. The van der Waals surface area contributed by atoms with E-state index in [-0.39, 0.29) is 18.6 Å². The van der Waals surface area contributed by atoms with Gasteiger partial charge in [0.25, 0.3) is 0 Å². The van der Waals surface area contributed by atoms with Gasteiger partial charge in [-0.05, 0) is 38.6 Å². The summed E-state index contributed by atoms with van der Waals surface area (Å²) < 4.78 is 0. The van der Waals surface area contributed by atoms with Crippen molar-refractivity contribution in [1.29, 1.82) is 0 Å². The van der Waals surface area contributed by atoms with Crippen LogP contribution in [0.1, 0.15) is 38.5 Å². The van der Waals surface area contributed by atoms with Crippen molar-refractivity contribution in [3.8, 4) is 0 Å². The van der Waals surface area contributed by atoms with Crippen LogP contribution in [-0.4, -0.2) is 47.7 Å². The van der Waals surface area contributed by atoms with Crippen LogP contribution in [0.25, 0.3) is 0 Å². The Morgan fingerprint density at radius 1 is 1.31 bits per heavy atom. The second-order valence-corrected chi connectivity index (χ2v) is 4.92. The van der Waals surface area contributed by atoms with E-state index in [0.717, 1.165) is 38.8 Å². The van der Waals surface area contributed by atoms with Gasteiger partial charge in [0, 0.05) is 19.0 Å². The van der Waals surface area contributed by atoms with E-state index in [1.165, 1.54) is 6.42 Å². The van der Waals surface area contributed by atoms with Crippen LogP contribution in [0.15, 0.2) is 0 Å². The number of hydrogen-bond donors (Lipinski definition) is 2. The Morgan fingerprint density at radius 2 is 2.19 bits per heavy atom. The summed E-state index contributed by atoms with van der Waals surface area (Å²) in [6.07, 6.45) is 6.08. The molecule has 4 heteroatoms. The highest BCUT2D eigenvalue weighted by atomic mass is 16.3. The molecule has 0 spiro atoms. The molecule has 0 radical (unpaired) electrons. The lowest BCUT2D eigenvalue weighted by Crippen LogP contribution is -2.47. The van der Waals surface area contributed by atoms with Crippen LogP contribution in [0.5, 0.6) is 0 Å². The smallest absolute Gasteiger partial charge is 0.224 e. The molecular formula is C12H22N2O2. The van der Waals surface area contributed by atoms with Gasteiger partial charge in [-0.25, -0.2) is 0 Å². The van der Waals surface area contributed by atoms with Gasteiger partial charge in [0.1, 0.15) is 0 Å². The van der Waals surface area contributed by atoms with Crippen molar-refractivity contribution in [2.75, 3.05) is 19.7 Å². The number of nitrogens with zero attached hydrogens (tertiary/aromatic N) is 1. The molecule has 2 atom stereocenters. The summed E-state index contributed by atoms with van der Waals surface area (Å²) in [5, 5.41) is 12.6. The number of aliphatic hydroxyl groups is 1. The summed E-state index contributed by atoms with van der Waals surface area (Å²) in [6, 6.07) is 0.441. The molecule has 0 aromatic heterocycles. The second kappa shape index (κ2) is 5.64. The number of hydrogen-bond acceptors (Lipinski definition) is 3. The largest absolute Gasteiger partial charge is 0.394 e. The molecule has 16 heavy (non-hydrogen) atoms. The number of amides is 1. The summed E-state index contributed by atoms with van der Waals surface area (Å²) in [5.74, 6) is 0.221. The van der Waals surface area contributed by atoms with E-state index >= 15 is 0 Å². The van der Waals surface area contributed by atoms with Crippen LogP contribution in [0.4, 0.5) is 0 Å². The van der Waals surface area contributed by atoms with Gasteiger partial charge in [0.15, 0.2) is 0 Å². The van der Waals surface area contributed by atoms with E-state index in [1.807, 2.05) is 4.90 Å². The fourth-order valence-electron chi connectivity index (χ4n) is 2.78. The van der Waals surface area contributed by atoms with Gasteiger partial charge in [-0.2, -0.15) is 0 Å². The Balaban J connectivity index is 1.86. The number of carbonyl (C=O) groups excluding carboxylic acids is 1. The van der Waals surface area contributed by atoms with Gasteiger partial charge in [-0.3, -0.25) is 4.79 Å². The van der Waals surface area contributed by atoms with Gasteiger partial charge in [-0.1, -0.05) is 0 Å². The van der Waals surface area contributed by atoms with Gasteiger partial charge < -0.3 is 15.3 Å². The number of piperidine rings is 1. The van der Waals surface area contributed by atoms with E-state index < -0.39 is 0 Å². The first-order chi connectivity index (χ1) is 7.81. The van der Waals surface area contributed by atoms with Crippen LogP contribution in [0.2, 0.25) is 0 Å². The minimum Gasteiger partial charge on any atom is -0.394 e. The van der Waals surface area contributed by atoms with Crippen molar-refractivity contribution in [3.05, 3.63) is 0 Å². The van der Waals surface area contributed by atoms with Gasteiger partial charge in [0.05, 0.1) is 12.6 Å². The van der Waals surface area contributed by atoms with Crippen molar-refractivity contribution in [2.24, 2.45) is 0 Å². The number of aliphatic hydroxyl groups excluding tert-OH is 1. The molecule has 0 saturated carbocycles. The fourth-order valence-corrected chi connectivity index (χ4v) is 2.78. The maximum absolute atomic E-state index is 12.1. The summed E-state index contributed by atoms with van der Waals surface area (Å²) in [5.41, 5.74) is 0. The predicted octanol–water partition coefficient (Wildman–Crippen LogP) is 0.502. The standard InChI is InChI=1S/C12H22N2O2/c15-9-11-5-1-2-7-14(11)12(16)8-10-4-3-6-13-10/h10-11,13,15H,1-9H2. The molecule has 1 amide bonds. The van der Waals surface area contributed by atoms with E-state index in [4.69, 9.17) is 0 Å². The molecule has 2 fully saturated rings. The van der Waals surface area contributed by atoms with Crippen molar-refractivity contribution >= 4 is 5.91 Å². The zero-order chi connectivity index (χ0) is 11.4. The molecular weight excluding hydrogens is 204 g/mol. The van der Waals surface area contributed by atoms with Crippen molar-refractivity contribution in [3.63, 3.8) is 0 Å². The van der Waals surface area contributed by atoms with Crippen LogP contribution in [0.3, 0.4) is 0 Å². The molecule has 0 aromatic carbocycles. The lowest BCUT2D eigenvalue weighted by Gasteiger charge is -2.35. The molecule has 4 nitrogen and oxygen atoms in total. The molecule has 0 bridgehead atoms. The third-order valence-corrected chi connectivity index (χ3v) is 3.74. The molecule has 2 aliphatic rings. The SMILES string of the molecule is O=C(CC1CCCN1)N1CCCCC1CO. The molecule has 0 aliphatic carbocycles. The number of nitrogens with one attached hydrogen (secondary N) is 1. The van der Waals surface area contributed by atoms with E-state index in [0.29, 0.717) is 12.5 Å². The summed E-state index contributed by atoms with van der Waals surface area (Å²) in [4.78, 5) is 14.0. The maximum Gasteiger partial charge on any atom is 0.224 e. The maximum atomic E-state index is 12.1. The third kappa shape index (κ3) is 2.74. The quantitative estimate of drug-likeness (QED) is 0.737. The topological polar surface area (TPSA) is 52.6 Å². The van der Waals surface area contributed by atoms with Crippen LogP contribution in [-0.2, 0) is 4.79 Å². The van der Waals surface area contributed by atoms with Gasteiger partial charge in [-0.15, -0.1) is 0 Å². The van der Waals surface area contributed by atoms with Gasteiger partial charge >= 0.3 is 0 Å². The molecule has 2 rings (SSSR count). The molecule has 2 N–H and O–H groups in total. The van der Waals surface area contributed by atoms with E-state index in [1.54, 1.807) is 0 Å². The fraction of sp³-hybridized carbons (Fsp3) is 0.917. The lowest BCUT2D eigenvalue weighted by atomic mass is 10.0. The average molecular weight is 226 g/mol. The zero-order valence-electron chi connectivity index (χ0n) is 9.82. The van der Waals surface area contributed by atoms with Crippen LogP contribution < -0.4 is 5.32 Å². The number of carbonyl (C=O) groups is 1. The Kier molecular flexibility index (Phi) is 4.18. The summed E-state index contributed by atoms with van der Waals surface area (Å²) in [7, 11) is 0. The Bertz CT molecular complexity index is 239. The number of likely N-dealkylation sites (tertiary alicyclic amines) is 1. The summed E-state index contributed by atoms with van der Waals surface area (Å²) >= 11 is 0. The average Bonchev–Trinajstić information content (AvgIpc) is 2.81. The van der Waals surface area contributed by atoms with Gasteiger partial charge in [0.2, 0.25) is 5.91 Å². The molecule has 2 aliphatic heterocycles. The van der Waals surface area contributed by atoms with E-state index in [9.17, 15) is 9.90 Å². The minimum absolute atomic E-state index is 0.0719. The van der Waals surface area contributed by atoms with Crippen molar-refractivity contribution in [2.45, 2.75) is 50.6 Å². The molecule has 0 aromatic rings. The Labute approximate surface area is 97.0 Å². The molecule has 2 heterocycles. The first-order valence-corrected chi connectivity index (χ1v) is 6.45. The minimum atomic E-state index is 0.0719. The van der Waals surface area contributed by atoms with Crippen LogP contribution in [0, 0.1) is 0 Å². The highest BCUT2D eigenvalue weighted by Gasteiger charge is 2.28. The Hall–Kier alpha value is -0.610. The van der Waals surface area contributed by atoms with Crippen molar-refractivity contribution < 1.29 is 9.90 Å². The highest BCUT2D eigenvalue weighted by molar-refractivity contribution is 5.77. The zero-order valence-corrected chi connectivity index (χ0v) is 9.82. The van der Waals surface area contributed by atoms with Crippen LogP contribution >= 0.6 is 0 Å². The number of rotatable bonds is 3. The first-order valence-electron chi connectivity index (χ1n) is 6.45. The molecule has 2 unspecified atom stereocenters. The highest BCUT2D eigenvalue weighted by Crippen LogP contribution is 2.19. The second-order valence-electron chi connectivity index (χ2n) is 4.92.